The van der Waals surface area contributed by atoms with Crippen LogP contribution in [0.5, 0.6) is 0 Å². The molecule has 0 N–H and O–H groups in total. The summed E-state index contributed by atoms with van der Waals surface area (Å²) in [6.45, 7) is 5.14. The molecule has 24 heavy (non-hydrogen) atoms. The number of esters is 2. The van der Waals surface area contributed by atoms with E-state index in [1.54, 1.807) is 0 Å². The molecule has 4 heteroatoms. The Morgan fingerprint density at radius 2 is 1.50 bits per heavy atom. The lowest BCUT2D eigenvalue weighted by atomic mass is 10.0. The van der Waals surface area contributed by atoms with Crippen LogP contribution in [-0.2, 0) is 25.7 Å². The molecule has 0 radical (unpaired) electrons. The van der Waals surface area contributed by atoms with E-state index >= 15 is 0 Å². The van der Waals surface area contributed by atoms with Gasteiger partial charge in [0.2, 0.25) is 0 Å². The molecule has 0 fully saturated rings. The van der Waals surface area contributed by atoms with Crippen LogP contribution in [0, 0.1) is 5.92 Å². The Morgan fingerprint density at radius 3 is 2.17 bits per heavy atom. The number of hydrogen-bond donors (Lipinski definition) is 0. The molecular weight excluding hydrogens is 304 g/mol. The van der Waals surface area contributed by atoms with Gasteiger partial charge < -0.3 is 9.47 Å². The molecule has 0 atom stereocenters. The van der Waals surface area contributed by atoms with Gasteiger partial charge in [0.1, 0.15) is 6.61 Å². The van der Waals surface area contributed by atoms with Crippen LogP contribution in [0.1, 0.15) is 64.4 Å². The average molecular weight is 334 g/mol. The van der Waals surface area contributed by atoms with Crippen LogP contribution >= 0.6 is 0 Å². The molecule has 134 valence electrons. The molecule has 0 amide bonds. The molecule has 0 heterocycles. The van der Waals surface area contributed by atoms with Crippen molar-refractivity contribution < 1.29 is 19.1 Å². The summed E-state index contributed by atoms with van der Waals surface area (Å²) < 4.78 is 10.3. The lowest BCUT2D eigenvalue weighted by Crippen LogP contribution is -2.11. The number of hydrogen-bond acceptors (Lipinski definition) is 4. The van der Waals surface area contributed by atoms with Gasteiger partial charge in [-0.1, -0.05) is 69.9 Å². The second-order valence-corrected chi connectivity index (χ2v) is 6.46. The van der Waals surface area contributed by atoms with Crippen molar-refractivity contribution >= 4 is 11.9 Å². The summed E-state index contributed by atoms with van der Waals surface area (Å²) in [6, 6.07) is 9.48. The third-order valence-electron chi connectivity index (χ3n) is 3.71. The maximum absolute atomic E-state index is 11.6. The summed E-state index contributed by atoms with van der Waals surface area (Å²) >= 11 is 0. The number of unbranched alkanes of at least 4 members (excludes halogenated alkanes) is 3. The highest BCUT2D eigenvalue weighted by molar-refractivity contribution is 5.77. The van der Waals surface area contributed by atoms with Crippen LogP contribution in [0.2, 0.25) is 0 Å². The highest BCUT2D eigenvalue weighted by atomic mass is 16.5. The smallest absolute Gasteiger partial charge is 0.306 e. The van der Waals surface area contributed by atoms with E-state index in [1.165, 1.54) is 19.3 Å². The Kier molecular flexibility index (Phi) is 10.6. The van der Waals surface area contributed by atoms with Gasteiger partial charge in [-0.05, 0) is 17.9 Å². The van der Waals surface area contributed by atoms with E-state index in [4.69, 9.17) is 9.47 Å². The van der Waals surface area contributed by atoms with E-state index in [0.717, 1.165) is 24.3 Å². The Bertz CT molecular complexity index is 468. The molecule has 4 nitrogen and oxygen atoms in total. The first-order valence-corrected chi connectivity index (χ1v) is 8.93. The molecule has 0 bridgehead atoms. The third kappa shape index (κ3) is 10.8. The van der Waals surface area contributed by atoms with Crippen molar-refractivity contribution in [1.82, 2.24) is 0 Å². The molecule has 0 saturated heterocycles. The summed E-state index contributed by atoms with van der Waals surface area (Å²) in [7, 11) is 0. The van der Waals surface area contributed by atoms with E-state index in [2.05, 4.69) is 13.8 Å². The van der Waals surface area contributed by atoms with Crippen LogP contribution in [0.4, 0.5) is 0 Å². The van der Waals surface area contributed by atoms with Crippen LogP contribution < -0.4 is 0 Å². The summed E-state index contributed by atoms with van der Waals surface area (Å²) in [4.78, 5) is 23.2. The van der Waals surface area contributed by atoms with Gasteiger partial charge in [0.15, 0.2) is 0 Å². The molecule has 0 aliphatic carbocycles. The highest BCUT2D eigenvalue weighted by Gasteiger charge is 2.09. The fourth-order valence-electron chi connectivity index (χ4n) is 2.28. The van der Waals surface area contributed by atoms with Crippen LogP contribution in [0.25, 0.3) is 0 Å². The first-order chi connectivity index (χ1) is 11.6. The molecule has 0 aliphatic rings. The molecule has 0 unspecified atom stereocenters. The SMILES string of the molecule is CC(C)CCCCCCOC(=O)CCC(=O)OCc1ccccc1. The van der Waals surface area contributed by atoms with Crippen molar-refractivity contribution in [3.8, 4) is 0 Å². The first kappa shape index (κ1) is 20.2. The van der Waals surface area contributed by atoms with E-state index in [-0.39, 0.29) is 31.4 Å². The fourth-order valence-corrected chi connectivity index (χ4v) is 2.28. The second kappa shape index (κ2) is 12.6. The van der Waals surface area contributed by atoms with Gasteiger partial charge in [0.25, 0.3) is 0 Å². The molecule has 1 aromatic carbocycles. The third-order valence-corrected chi connectivity index (χ3v) is 3.71. The van der Waals surface area contributed by atoms with Crippen molar-refractivity contribution in [1.29, 1.82) is 0 Å². The fraction of sp³-hybridized carbons (Fsp3) is 0.600. The van der Waals surface area contributed by atoms with Crippen LogP contribution in [-0.4, -0.2) is 18.5 Å². The Morgan fingerprint density at radius 1 is 0.875 bits per heavy atom. The molecule has 0 aromatic heterocycles. The van der Waals surface area contributed by atoms with Crippen molar-refractivity contribution in [2.45, 2.75) is 65.4 Å². The van der Waals surface area contributed by atoms with Gasteiger partial charge in [-0.15, -0.1) is 0 Å². The van der Waals surface area contributed by atoms with Crippen molar-refractivity contribution in [2.24, 2.45) is 5.92 Å². The number of carbonyl (C=O) groups excluding carboxylic acids is 2. The quantitative estimate of drug-likeness (QED) is 0.412. The molecule has 0 aliphatic heterocycles. The van der Waals surface area contributed by atoms with E-state index < -0.39 is 0 Å². The maximum atomic E-state index is 11.6. The molecule has 0 spiro atoms. The van der Waals surface area contributed by atoms with Gasteiger partial charge in [-0.25, -0.2) is 0 Å². The average Bonchev–Trinajstić information content (AvgIpc) is 2.58. The number of carbonyl (C=O) groups is 2. The molecular formula is C20H30O4. The van der Waals surface area contributed by atoms with E-state index in [0.29, 0.717) is 6.61 Å². The Labute approximate surface area is 145 Å². The predicted molar refractivity (Wildman–Crippen MR) is 94.4 cm³/mol. The number of benzene rings is 1. The maximum Gasteiger partial charge on any atom is 0.306 e. The lowest BCUT2D eigenvalue weighted by molar-refractivity contribution is -0.151. The molecule has 0 saturated carbocycles. The van der Waals surface area contributed by atoms with Gasteiger partial charge in [0.05, 0.1) is 19.4 Å². The topological polar surface area (TPSA) is 52.6 Å². The Hall–Kier alpha value is -1.84. The number of rotatable bonds is 12. The zero-order valence-corrected chi connectivity index (χ0v) is 15.0. The summed E-state index contributed by atoms with van der Waals surface area (Å²) in [5.41, 5.74) is 0.936. The summed E-state index contributed by atoms with van der Waals surface area (Å²) in [6.07, 6.45) is 5.80. The van der Waals surface area contributed by atoms with Crippen molar-refractivity contribution in [3.63, 3.8) is 0 Å². The van der Waals surface area contributed by atoms with Crippen LogP contribution in [0.15, 0.2) is 30.3 Å². The molecule has 1 rings (SSSR count). The molecule has 1 aromatic rings. The van der Waals surface area contributed by atoms with Crippen molar-refractivity contribution in [2.75, 3.05) is 6.61 Å². The summed E-state index contributed by atoms with van der Waals surface area (Å²) in [5, 5.41) is 0. The summed E-state index contributed by atoms with van der Waals surface area (Å²) in [5.74, 6) is 0.0582. The zero-order chi connectivity index (χ0) is 17.6. The van der Waals surface area contributed by atoms with Gasteiger partial charge in [0, 0.05) is 0 Å². The highest BCUT2D eigenvalue weighted by Crippen LogP contribution is 2.09. The van der Waals surface area contributed by atoms with Gasteiger partial charge >= 0.3 is 11.9 Å². The monoisotopic (exact) mass is 334 g/mol. The Balaban J connectivity index is 1.98. The van der Waals surface area contributed by atoms with Gasteiger partial charge in [-0.2, -0.15) is 0 Å². The van der Waals surface area contributed by atoms with E-state index in [9.17, 15) is 9.59 Å². The predicted octanol–water partition coefficient (Wildman–Crippen LogP) is 4.66. The minimum atomic E-state index is -0.371. The van der Waals surface area contributed by atoms with E-state index in [1.807, 2.05) is 30.3 Å². The first-order valence-electron chi connectivity index (χ1n) is 8.93. The van der Waals surface area contributed by atoms with Gasteiger partial charge in [-0.3, -0.25) is 9.59 Å². The van der Waals surface area contributed by atoms with Crippen LogP contribution in [0.3, 0.4) is 0 Å². The largest absolute Gasteiger partial charge is 0.466 e. The lowest BCUT2D eigenvalue weighted by Gasteiger charge is -2.07. The standard InChI is InChI=1S/C20H30O4/c1-17(2)10-6-3-4-9-15-23-19(21)13-14-20(22)24-16-18-11-7-5-8-12-18/h5,7-8,11-12,17H,3-4,6,9-10,13-16H2,1-2H3. The van der Waals surface area contributed by atoms with Crippen molar-refractivity contribution in [3.05, 3.63) is 35.9 Å². The normalized spacial score (nSPS) is 10.6. The zero-order valence-electron chi connectivity index (χ0n) is 15.0. The second-order valence-electron chi connectivity index (χ2n) is 6.46. The number of ether oxygens (including phenoxy) is 2. The minimum Gasteiger partial charge on any atom is -0.466 e. The minimum absolute atomic E-state index is 0.0695.